The minimum atomic E-state index is 0.586. The third kappa shape index (κ3) is 2.95. The van der Waals surface area contributed by atoms with Gasteiger partial charge < -0.3 is 5.32 Å². The van der Waals surface area contributed by atoms with E-state index in [4.69, 9.17) is 0 Å². The average Bonchev–Trinajstić information content (AvgIpc) is 3.06. The number of thiophene rings is 2. The van der Waals surface area contributed by atoms with E-state index in [0.717, 1.165) is 18.4 Å². The van der Waals surface area contributed by atoms with E-state index in [1.165, 1.54) is 41.5 Å². The van der Waals surface area contributed by atoms with Gasteiger partial charge in [-0.3, -0.25) is 0 Å². The van der Waals surface area contributed by atoms with Crippen LogP contribution in [0.5, 0.6) is 0 Å². The Morgan fingerprint density at radius 2 is 2.00 bits per heavy atom. The van der Waals surface area contributed by atoms with E-state index in [-0.39, 0.29) is 0 Å². The molecule has 0 spiro atoms. The summed E-state index contributed by atoms with van der Waals surface area (Å²) in [4.78, 5) is 1.56. The van der Waals surface area contributed by atoms with Crippen LogP contribution in [0.15, 0.2) is 17.5 Å². The highest BCUT2D eigenvalue weighted by Gasteiger charge is 2.28. The number of fused-ring (bicyclic) bond motifs is 1. The van der Waals surface area contributed by atoms with Gasteiger partial charge in [0, 0.05) is 20.3 Å². The molecule has 1 N–H and O–H groups in total. The molecule has 1 saturated carbocycles. The largest absolute Gasteiger partial charge is 0.309 e. The molecule has 1 aliphatic carbocycles. The van der Waals surface area contributed by atoms with Gasteiger partial charge in [0.2, 0.25) is 0 Å². The molecule has 0 saturated heterocycles. The molecule has 110 valence electrons. The Kier molecular flexibility index (Phi) is 4.79. The van der Waals surface area contributed by atoms with Crippen molar-refractivity contribution in [2.45, 2.75) is 52.0 Å². The van der Waals surface area contributed by atoms with Gasteiger partial charge in [0.25, 0.3) is 0 Å². The van der Waals surface area contributed by atoms with Crippen molar-refractivity contribution in [1.29, 1.82) is 0 Å². The van der Waals surface area contributed by atoms with E-state index in [1.807, 2.05) is 22.7 Å². The van der Waals surface area contributed by atoms with E-state index >= 15 is 0 Å². The number of hydrogen-bond acceptors (Lipinski definition) is 3. The van der Waals surface area contributed by atoms with Gasteiger partial charge >= 0.3 is 0 Å². The second-order valence-corrected chi connectivity index (χ2v) is 8.09. The highest BCUT2D eigenvalue weighted by Crippen LogP contribution is 2.42. The molecule has 0 bridgehead atoms. The zero-order valence-corrected chi connectivity index (χ0v) is 14.2. The normalized spacial score (nSPS) is 25.1. The molecule has 2 aromatic rings. The second-order valence-electron chi connectivity index (χ2n) is 6.02. The predicted octanol–water partition coefficient (Wildman–Crippen LogP) is 5.83. The fourth-order valence-electron chi connectivity index (χ4n) is 3.59. The molecule has 2 aromatic heterocycles. The maximum Gasteiger partial charge on any atom is 0.0454 e. The van der Waals surface area contributed by atoms with Gasteiger partial charge in [-0.05, 0) is 48.7 Å². The minimum absolute atomic E-state index is 0.586. The average molecular weight is 308 g/mol. The number of rotatable bonds is 5. The lowest BCUT2D eigenvalue weighted by Gasteiger charge is -2.33. The molecular weight excluding hydrogens is 282 g/mol. The van der Waals surface area contributed by atoms with Gasteiger partial charge in [-0.25, -0.2) is 0 Å². The van der Waals surface area contributed by atoms with Gasteiger partial charge in [-0.1, -0.05) is 33.1 Å². The molecule has 0 amide bonds. The van der Waals surface area contributed by atoms with Crippen LogP contribution in [0.3, 0.4) is 0 Å². The van der Waals surface area contributed by atoms with Crippen molar-refractivity contribution < 1.29 is 0 Å². The Labute approximate surface area is 130 Å². The monoisotopic (exact) mass is 307 g/mol. The molecule has 1 nitrogen and oxygen atoms in total. The molecule has 2 heterocycles. The molecule has 3 heteroatoms. The molecular formula is C17H25NS2. The van der Waals surface area contributed by atoms with Gasteiger partial charge in [-0.15, -0.1) is 22.7 Å². The van der Waals surface area contributed by atoms with Gasteiger partial charge in [-0.2, -0.15) is 0 Å². The first-order chi connectivity index (χ1) is 9.81. The van der Waals surface area contributed by atoms with E-state index < -0.39 is 0 Å². The van der Waals surface area contributed by atoms with Crippen molar-refractivity contribution in [1.82, 2.24) is 5.32 Å². The first-order valence-corrected chi connectivity index (χ1v) is 9.71. The summed E-state index contributed by atoms with van der Waals surface area (Å²) in [5, 5.41) is 5.98. The molecule has 0 aromatic carbocycles. The summed E-state index contributed by atoms with van der Waals surface area (Å²) in [5.41, 5.74) is 0. The zero-order valence-electron chi connectivity index (χ0n) is 12.5. The van der Waals surface area contributed by atoms with Crippen molar-refractivity contribution in [2.24, 2.45) is 11.8 Å². The van der Waals surface area contributed by atoms with Gasteiger partial charge in [0.1, 0.15) is 0 Å². The lowest BCUT2D eigenvalue weighted by atomic mass is 9.77. The lowest BCUT2D eigenvalue weighted by Crippen LogP contribution is -2.30. The lowest BCUT2D eigenvalue weighted by molar-refractivity contribution is 0.222. The summed E-state index contributed by atoms with van der Waals surface area (Å²) < 4.78 is 2.94. The maximum atomic E-state index is 3.77. The summed E-state index contributed by atoms with van der Waals surface area (Å²) in [7, 11) is 0. The molecule has 1 fully saturated rings. The molecule has 1 unspecified atom stereocenters. The summed E-state index contributed by atoms with van der Waals surface area (Å²) in [6, 6.07) is 5.29. The van der Waals surface area contributed by atoms with E-state index in [1.54, 1.807) is 4.88 Å². The van der Waals surface area contributed by atoms with Crippen molar-refractivity contribution in [3.8, 4) is 0 Å². The highest BCUT2D eigenvalue weighted by atomic mass is 32.1. The zero-order chi connectivity index (χ0) is 13.9. The Morgan fingerprint density at radius 3 is 2.65 bits per heavy atom. The van der Waals surface area contributed by atoms with Crippen molar-refractivity contribution in [3.05, 3.63) is 22.4 Å². The van der Waals surface area contributed by atoms with E-state index in [0.29, 0.717) is 6.04 Å². The fraction of sp³-hybridized carbons (Fsp3) is 0.647. The minimum Gasteiger partial charge on any atom is -0.309 e. The fourth-order valence-corrected chi connectivity index (χ4v) is 5.88. The summed E-state index contributed by atoms with van der Waals surface area (Å²) in [6.45, 7) is 5.66. The van der Waals surface area contributed by atoms with Gasteiger partial charge in [0.15, 0.2) is 0 Å². The van der Waals surface area contributed by atoms with Crippen LogP contribution in [0.2, 0.25) is 0 Å². The predicted molar refractivity (Wildman–Crippen MR) is 91.9 cm³/mol. The summed E-state index contributed by atoms with van der Waals surface area (Å²) >= 11 is 3.88. The molecule has 0 aliphatic heterocycles. The Morgan fingerprint density at radius 1 is 1.20 bits per heavy atom. The Bertz CT molecular complexity index is 505. The second kappa shape index (κ2) is 6.59. The van der Waals surface area contributed by atoms with Crippen molar-refractivity contribution >= 4 is 32.1 Å². The molecule has 1 aliphatic rings. The van der Waals surface area contributed by atoms with Crippen LogP contribution < -0.4 is 5.32 Å². The third-order valence-electron chi connectivity index (χ3n) is 4.83. The number of hydrogen-bond donors (Lipinski definition) is 1. The van der Waals surface area contributed by atoms with Crippen molar-refractivity contribution in [3.63, 3.8) is 0 Å². The Balaban J connectivity index is 1.76. The van der Waals surface area contributed by atoms with Crippen LogP contribution in [-0.4, -0.2) is 6.54 Å². The van der Waals surface area contributed by atoms with Crippen molar-refractivity contribution in [2.75, 3.05) is 6.54 Å². The SMILES string of the molecule is CCNC(c1cc2sccc2s1)C1CCC(CC)CC1. The summed E-state index contributed by atoms with van der Waals surface area (Å²) in [5.74, 6) is 1.82. The molecule has 20 heavy (non-hydrogen) atoms. The van der Waals surface area contributed by atoms with E-state index in [9.17, 15) is 0 Å². The van der Waals surface area contributed by atoms with Crippen LogP contribution in [-0.2, 0) is 0 Å². The summed E-state index contributed by atoms with van der Waals surface area (Å²) in [6.07, 6.45) is 7.04. The smallest absolute Gasteiger partial charge is 0.0454 e. The highest BCUT2D eigenvalue weighted by molar-refractivity contribution is 7.26. The third-order valence-corrected chi connectivity index (χ3v) is 7.01. The topological polar surface area (TPSA) is 12.0 Å². The Hall–Kier alpha value is -0.380. The molecule has 3 rings (SSSR count). The van der Waals surface area contributed by atoms with Gasteiger partial charge in [0.05, 0.1) is 0 Å². The number of nitrogens with one attached hydrogen (secondary N) is 1. The van der Waals surface area contributed by atoms with Crippen LogP contribution in [0, 0.1) is 11.8 Å². The first kappa shape index (κ1) is 14.6. The van der Waals surface area contributed by atoms with Crippen LogP contribution in [0.1, 0.15) is 56.9 Å². The maximum absolute atomic E-state index is 3.77. The molecule has 1 atom stereocenters. The quantitative estimate of drug-likeness (QED) is 0.733. The van der Waals surface area contributed by atoms with Crippen LogP contribution in [0.25, 0.3) is 9.40 Å². The first-order valence-electron chi connectivity index (χ1n) is 8.02. The van der Waals surface area contributed by atoms with E-state index in [2.05, 4.69) is 36.7 Å². The standard InChI is InChI=1S/C17H25NS2/c1-3-12-5-7-13(8-6-12)17(18-4-2)16-11-15-14(20-16)9-10-19-15/h9-13,17-18H,3-8H2,1-2H3. The molecule has 0 radical (unpaired) electrons. The van der Waals surface area contributed by atoms with Crippen LogP contribution in [0.4, 0.5) is 0 Å². The van der Waals surface area contributed by atoms with Crippen LogP contribution >= 0.6 is 22.7 Å².